The van der Waals surface area contributed by atoms with E-state index in [0.717, 1.165) is 0 Å². The van der Waals surface area contributed by atoms with Crippen LogP contribution >= 0.6 is 11.8 Å². The van der Waals surface area contributed by atoms with Gasteiger partial charge in [-0.15, -0.1) is 11.8 Å². The molecule has 1 aliphatic heterocycles. The molecule has 1 atom stereocenters. The first-order chi connectivity index (χ1) is 8.43. The molecule has 0 N–H and O–H groups in total. The van der Waals surface area contributed by atoms with E-state index in [2.05, 4.69) is 42.5 Å². The van der Waals surface area contributed by atoms with Crippen molar-refractivity contribution < 1.29 is 0 Å². The molecule has 0 radical (unpaired) electrons. The highest BCUT2D eigenvalue weighted by atomic mass is 32.2. The van der Waals surface area contributed by atoms with Crippen LogP contribution in [0.5, 0.6) is 0 Å². The lowest BCUT2D eigenvalue weighted by molar-refractivity contribution is 0.962. The predicted octanol–water partition coefficient (Wildman–Crippen LogP) is 4.93. The molecule has 0 fully saturated rings. The van der Waals surface area contributed by atoms with Gasteiger partial charge in [-0.2, -0.15) is 0 Å². The molecule has 17 heavy (non-hydrogen) atoms. The molecule has 0 saturated carbocycles. The standard InChI is InChI=1S/C16H18S/c1-3-7-13(8-4-1)15-11-12-16(17-15)14-9-5-2-6-10-14/h3,5,7-11,16H,1-2,4,6,12H2. The minimum Gasteiger partial charge on any atom is -0.117 e. The molecule has 88 valence electrons. The van der Waals surface area contributed by atoms with E-state index < -0.39 is 0 Å². The first-order valence-electron chi connectivity index (χ1n) is 6.54. The molecular formula is C16H18S. The van der Waals surface area contributed by atoms with Crippen LogP contribution in [-0.2, 0) is 0 Å². The van der Waals surface area contributed by atoms with Crippen molar-refractivity contribution in [1.29, 1.82) is 0 Å². The van der Waals surface area contributed by atoms with Crippen molar-refractivity contribution in [2.45, 2.75) is 37.4 Å². The summed E-state index contributed by atoms with van der Waals surface area (Å²) in [6.07, 6.45) is 22.5. The van der Waals surface area contributed by atoms with E-state index in [1.807, 2.05) is 11.8 Å². The van der Waals surface area contributed by atoms with Crippen molar-refractivity contribution in [2.24, 2.45) is 0 Å². The second-order valence-electron chi connectivity index (χ2n) is 4.73. The van der Waals surface area contributed by atoms with E-state index in [1.54, 1.807) is 0 Å². The van der Waals surface area contributed by atoms with E-state index in [-0.39, 0.29) is 0 Å². The molecule has 0 nitrogen and oxygen atoms in total. The van der Waals surface area contributed by atoms with Crippen molar-refractivity contribution in [3.05, 3.63) is 58.6 Å². The Bertz CT molecular complexity index is 446. The highest BCUT2D eigenvalue weighted by Crippen LogP contribution is 2.42. The molecule has 1 unspecified atom stereocenters. The van der Waals surface area contributed by atoms with Crippen LogP contribution in [0.15, 0.2) is 58.6 Å². The summed E-state index contributed by atoms with van der Waals surface area (Å²) in [6, 6.07) is 0. The van der Waals surface area contributed by atoms with Crippen molar-refractivity contribution >= 4 is 11.8 Å². The smallest absolute Gasteiger partial charge is 0.0376 e. The number of hydrogen-bond donors (Lipinski definition) is 0. The van der Waals surface area contributed by atoms with Gasteiger partial charge in [-0.25, -0.2) is 0 Å². The van der Waals surface area contributed by atoms with E-state index >= 15 is 0 Å². The van der Waals surface area contributed by atoms with Gasteiger partial charge in [0.05, 0.1) is 0 Å². The summed E-state index contributed by atoms with van der Waals surface area (Å²) >= 11 is 2.05. The third-order valence-corrected chi connectivity index (χ3v) is 4.87. The molecule has 1 heterocycles. The SMILES string of the molecule is C1=CC(C2=CCC(C3=CCCC=C3)S2)=CCC1. The maximum absolute atomic E-state index is 2.42. The van der Waals surface area contributed by atoms with Gasteiger partial charge in [0, 0.05) is 10.2 Å². The third kappa shape index (κ3) is 2.50. The Kier molecular flexibility index (Phi) is 3.37. The summed E-state index contributed by atoms with van der Waals surface area (Å²) in [7, 11) is 0. The largest absolute Gasteiger partial charge is 0.117 e. The van der Waals surface area contributed by atoms with Gasteiger partial charge >= 0.3 is 0 Å². The van der Waals surface area contributed by atoms with E-state index in [4.69, 9.17) is 0 Å². The molecule has 2 aliphatic carbocycles. The lowest BCUT2D eigenvalue weighted by atomic mass is 10.0. The Balaban J connectivity index is 1.68. The fourth-order valence-electron chi connectivity index (χ4n) is 2.52. The van der Waals surface area contributed by atoms with E-state index in [0.29, 0.717) is 5.25 Å². The average Bonchev–Trinajstić information content (AvgIpc) is 2.90. The van der Waals surface area contributed by atoms with Crippen LogP contribution in [0, 0.1) is 0 Å². The fraction of sp³-hybridized carbons (Fsp3) is 0.375. The molecule has 0 spiro atoms. The van der Waals surface area contributed by atoms with Gasteiger partial charge in [-0.3, -0.25) is 0 Å². The number of thioether (sulfide) groups is 1. The van der Waals surface area contributed by atoms with E-state index in [9.17, 15) is 0 Å². The van der Waals surface area contributed by atoms with Gasteiger partial charge in [-0.1, -0.05) is 42.5 Å². The summed E-state index contributed by atoms with van der Waals surface area (Å²) in [5, 5.41) is 0.665. The summed E-state index contributed by atoms with van der Waals surface area (Å²) in [6.45, 7) is 0. The highest BCUT2D eigenvalue weighted by molar-refractivity contribution is 8.04. The lowest BCUT2D eigenvalue weighted by Gasteiger charge is -2.15. The summed E-state index contributed by atoms with van der Waals surface area (Å²) in [4.78, 5) is 1.49. The lowest BCUT2D eigenvalue weighted by Crippen LogP contribution is -2.02. The van der Waals surface area contributed by atoms with Gasteiger partial charge in [0.1, 0.15) is 0 Å². The molecule has 1 heteroatoms. The van der Waals surface area contributed by atoms with Crippen molar-refractivity contribution in [3.63, 3.8) is 0 Å². The van der Waals surface area contributed by atoms with Crippen LogP contribution in [0.3, 0.4) is 0 Å². The van der Waals surface area contributed by atoms with Crippen molar-refractivity contribution in [2.75, 3.05) is 0 Å². The Morgan fingerprint density at radius 2 is 1.71 bits per heavy atom. The number of hydrogen-bond acceptors (Lipinski definition) is 1. The van der Waals surface area contributed by atoms with Crippen molar-refractivity contribution in [1.82, 2.24) is 0 Å². The van der Waals surface area contributed by atoms with Gasteiger partial charge in [0.2, 0.25) is 0 Å². The van der Waals surface area contributed by atoms with Gasteiger partial charge in [-0.05, 0) is 43.3 Å². The van der Waals surface area contributed by atoms with Crippen LogP contribution in [0.25, 0.3) is 0 Å². The Labute approximate surface area is 108 Å². The maximum Gasteiger partial charge on any atom is 0.0376 e. The predicted molar refractivity (Wildman–Crippen MR) is 77.0 cm³/mol. The minimum absolute atomic E-state index is 0.665. The molecule has 0 aromatic carbocycles. The zero-order valence-corrected chi connectivity index (χ0v) is 10.9. The van der Waals surface area contributed by atoms with Crippen LogP contribution in [-0.4, -0.2) is 5.25 Å². The topological polar surface area (TPSA) is 0 Å². The van der Waals surface area contributed by atoms with Crippen LogP contribution < -0.4 is 0 Å². The van der Waals surface area contributed by atoms with Crippen molar-refractivity contribution in [3.8, 4) is 0 Å². The normalized spacial score (nSPS) is 27.8. The zero-order chi connectivity index (χ0) is 11.5. The number of allylic oxidation sites excluding steroid dienone is 8. The Hall–Kier alpha value is -0.950. The molecular weight excluding hydrogens is 224 g/mol. The second kappa shape index (κ2) is 5.14. The average molecular weight is 242 g/mol. The van der Waals surface area contributed by atoms with E-state index in [1.165, 1.54) is 48.2 Å². The molecule has 0 aromatic rings. The summed E-state index contributed by atoms with van der Waals surface area (Å²) in [5.74, 6) is 0. The summed E-state index contributed by atoms with van der Waals surface area (Å²) in [5.41, 5.74) is 2.98. The van der Waals surface area contributed by atoms with Crippen LogP contribution in [0.2, 0.25) is 0 Å². The molecule has 0 saturated heterocycles. The minimum atomic E-state index is 0.665. The zero-order valence-electron chi connectivity index (χ0n) is 10.1. The van der Waals surface area contributed by atoms with Crippen LogP contribution in [0.1, 0.15) is 32.1 Å². The monoisotopic (exact) mass is 242 g/mol. The maximum atomic E-state index is 2.42. The third-order valence-electron chi connectivity index (χ3n) is 3.46. The fourth-order valence-corrected chi connectivity index (χ4v) is 3.81. The van der Waals surface area contributed by atoms with Gasteiger partial charge in [0.25, 0.3) is 0 Å². The number of rotatable bonds is 2. The Morgan fingerprint density at radius 3 is 2.41 bits per heavy atom. The molecule has 3 aliphatic rings. The molecule has 0 aromatic heterocycles. The molecule has 0 amide bonds. The highest BCUT2D eigenvalue weighted by Gasteiger charge is 2.22. The first kappa shape index (κ1) is 11.2. The quantitative estimate of drug-likeness (QED) is 0.661. The van der Waals surface area contributed by atoms with Gasteiger partial charge < -0.3 is 0 Å². The molecule has 0 bridgehead atoms. The summed E-state index contributed by atoms with van der Waals surface area (Å²) < 4.78 is 0. The molecule has 3 rings (SSSR count). The van der Waals surface area contributed by atoms with Crippen LogP contribution in [0.4, 0.5) is 0 Å². The first-order valence-corrected chi connectivity index (χ1v) is 7.42. The van der Waals surface area contributed by atoms with Gasteiger partial charge in [0.15, 0.2) is 0 Å². The second-order valence-corrected chi connectivity index (χ2v) is 5.98. The Morgan fingerprint density at radius 1 is 0.882 bits per heavy atom.